The summed E-state index contributed by atoms with van der Waals surface area (Å²) in [5.41, 5.74) is 4.55. The molecule has 30 heavy (non-hydrogen) atoms. The molecule has 4 rings (SSSR count). The minimum Gasteiger partial charge on any atom is -0.324 e. The Hall–Kier alpha value is -3.32. The van der Waals surface area contributed by atoms with Crippen LogP contribution < -0.4 is 10.9 Å². The Morgan fingerprint density at radius 3 is 2.40 bits per heavy atom. The number of anilines is 1. The largest absolute Gasteiger partial charge is 0.324 e. The zero-order chi connectivity index (χ0) is 21.4. The van der Waals surface area contributed by atoms with Gasteiger partial charge < -0.3 is 5.32 Å². The lowest BCUT2D eigenvalue weighted by atomic mass is 10.0. The quantitative estimate of drug-likeness (QED) is 0.524. The Bertz CT molecular complexity index is 1290. The highest BCUT2D eigenvalue weighted by Gasteiger charge is 2.21. The smallest absolute Gasteiger partial charge is 0.279 e. The molecule has 0 fully saturated rings. The van der Waals surface area contributed by atoms with E-state index in [0.29, 0.717) is 10.2 Å². The summed E-state index contributed by atoms with van der Waals surface area (Å²) < 4.78 is 1.15. The van der Waals surface area contributed by atoms with E-state index in [4.69, 9.17) is 0 Å². The number of amides is 1. The Labute approximate surface area is 178 Å². The topological polar surface area (TPSA) is 76.9 Å². The normalized spacial score (nSPS) is 12.1. The van der Waals surface area contributed by atoms with Crippen LogP contribution in [0, 0.1) is 20.8 Å². The van der Waals surface area contributed by atoms with Crippen LogP contribution in [0.15, 0.2) is 53.3 Å². The summed E-state index contributed by atoms with van der Waals surface area (Å²) in [7, 11) is 0. The van der Waals surface area contributed by atoms with Crippen LogP contribution >= 0.6 is 11.3 Å². The van der Waals surface area contributed by atoms with Gasteiger partial charge in [-0.15, -0.1) is 16.4 Å². The van der Waals surface area contributed by atoms with Gasteiger partial charge >= 0.3 is 0 Å². The number of hydrogen-bond donors (Lipinski definition) is 1. The number of aromatic nitrogens is 3. The number of carbonyl (C=O) groups is 1. The number of thiophene rings is 1. The van der Waals surface area contributed by atoms with Crippen molar-refractivity contribution in [2.24, 2.45) is 0 Å². The van der Waals surface area contributed by atoms with Gasteiger partial charge in [0.05, 0.1) is 5.39 Å². The van der Waals surface area contributed by atoms with Gasteiger partial charge in [0.2, 0.25) is 5.91 Å². The van der Waals surface area contributed by atoms with E-state index in [1.54, 1.807) is 6.92 Å². The summed E-state index contributed by atoms with van der Waals surface area (Å²) >= 11 is 1.41. The van der Waals surface area contributed by atoms with Gasteiger partial charge in [-0.3, -0.25) is 9.59 Å². The molecule has 0 saturated heterocycles. The van der Waals surface area contributed by atoms with E-state index in [-0.39, 0.29) is 11.5 Å². The number of nitrogens with zero attached hydrogens (tertiary/aromatic N) is 3. The number of fused-ring (bicyclic) bond motifs is 1. The van der Waals surface area contributed by atoms with Crippen molar-refractivity contribution in [1.29, 1.82) is 0 Å². The summed E-state index contributed by atoms with van der Waals surface area (Å²) in [4.78, 5) is 27.4. The predicted octanol–water partition coefficient (Wildman–Crippen LogP) is 4.64. The zero-order valence-electron chi connectivity index (χ0n) is 17.3. The Morgan fingerprint density at radius 1 is 1.07 bits per heavy atom. The monoisotopic (exact) mass is 418 g/mol. The number of hydrogen-bond acceptors (Lipinski definition) is 5. The molecule has 2 aromatic carbocycles. The molecule has 1 amide bonds. The molecule has 0 unspecified atom stereocenters. The van der Waals surface area contributed by atoms with Crippen molar-refractivity contribution >= 4 is 33.1 Å². The molecular weight excluding hydrogens is 396 g/mol. The highest BCUT2D eigenvalue weighted by atomic mass is 32.1. The molecule has 6 nitrogen and oxygen atoms in total. The van der Waals surface area contributed by atoms with E-state index in [1.165, 1.54) is 11.3 Å². The molecule has 1 atom stereocenters. The lowest BCUT2D eigenvalue weighted by Crippen LogP contribution is -2.34. The van der Waals surface area contributed by atoms with Crippen molar-refractivity contribution in [2.75, 3.05) is 5.32 Å². The van der Waals surface area contributed by atoms with Crippen molar-refractivity contribution in [2.45, 2.75) is 33.7 Å². The van der Waals surface area contributed by atoms with Crippen molar-refractivity contribution < 1.29 is 4.79 Å². The maximum atomic E-state index is 13.0. The van der Waals surface area contributed by atoms with Crippen LogP contribution in [0.5, 0.6) is 0 Å². The van der Waals surface area contributed by atoms with Crippen LogP contribution in [-0.2, 0) is 4.79 Å². The predicted molar refractivity (Wildman–Crippen MR) is 121 cm³/mol. The van der Waals surface area contributed by atoms with E-state index in [0.717, 1.165) is 37.5 Å². The van der Waals surface area contributed by atoms with Crippen LogP contribution in [0.3, 0.4) is 0 Å². The lowest BCUT2D eigenvalue weighted by Gasteiger charge is -2.16. The Morgan fingerprint density at radius 2 is 1.73 bits per heavy atom. The van der Waals surface area contributed by atoms with E-state index < -0.39 is 6.04 Å². The highest BCUT2D eigenvalue weighted by Crippen LogP contribution is 2.30. The van der Waals surface area contributed by atoms with Crippen molar-refractivity contribution in [1.82, 2.24) is 15.0 Å². The fourth-order valence-corrected chi connectivity index (χ4v) is 4.55. The molecule has 0 radical (unpaired) electrons. The van der Waals surface area contributed by atoms with E-state index in [2.05, 4.69) is 15.6 Å². The maximum absolute atomic E-state index is 13.0. The molecule has 0 aliphatic carbocycles. The number of rotatable bonds is 4. The molecule has 2 aromatic heterocycles. The first kappa shape index (κ1) is 20.0. The molecular formula is C23H22N4O2S. The van der Waals surface area contributed by atoms with E-state index in [1.807, 2.05) is 69.3 Å². The van der Waals surface area contributed by atoms with Gasteiger partial charge in [-0.2, -0.15) is 4.68 Å². The van der Waals surface area contributed by atoms with E-state index in [9.17, 15) is 9.59 Å². The maximum Gasteiger partial charge on any atom is 0.279 e. The first-order valence-electron chi connectivity index (χ1n) is 9.68. The highest BCUT2D eigenvalue weighted by molar-refractivity contribution is 7.21. The average Bonchev–Trinajstić information content (AvgIpc) is 3.16. The first-order chi connectivity index (χ1) is 14.3. The summed E-state index contributed by atoms with van der Waals surface area (Å²) in [6.07, 6.45) is 0. The van der Waals surface area contributed by atoms with Gasteiger partial charge in [-0.05, 0) is 50.5 Å². The SMILES string of the molecule is Cc1cc(C)c(NC(=O)[C@H](C)n2nnc3sc(-c4ccccc4)cc3c2=O)c(C)c1. The fourth-order valence-electron chi connectivity index (χ4n) is 3.58. The Balaban J connectivity index is 1.66. The van der Waals surface area contributed by atoms with Gasteiger partial charge in [-0.25, -0.2) is 0 Å². The first-order valence-corrected chi connectivity index (χ1v) is 10.5. The number of carbonyl (C=O) groups excluding carboxylic acids is 1. The van der Waals surface area contributed by atoms with Gasteiger partial charge in [0.1, 0.15) is 6.04 Å². The van der Waals surface area contributed by atoms with Gasteiger partial charge in [-0.1, -0.05) is 53.2 Å². The second kappa shape index (κ2) is 7.84. The number of benzene rings is 2. The van der Waals surface area contributed by atoms with Crippen LogP contribution in [0.2, 0.25) is 0 Å². The van der Waals surface area contributed by atoms with Crippen molar-refractivity contribution in [3.63, 3.8) is 0 Å². The van der Waals surface area contributed by atoms with Crippen LogP contribution in [0.25, 0.3) is 20.7 Å². The second-order valence-corrected chi connectivity index (χ2v) is 8.50. The summed E-state index contributed by atoms with van der Waals surface area (Å²) in [5, 5.41) is 11.7. The molecule has 0 spiro atoms. The summed E-state index contributed by atoms with van der Waals surface area (Å²) in [5.74, 6) is -0.306. The van der Waals surface area contributed by atoms with Gasteiger partial charge in [0.15, 0.2) is 4.83 Å². The van der Waals surface area contributed by atoms with Crippen LogP contribution in [0.1, 0.15) is 29.7 Å². The molecule has 0 aliphatic heterocycles. The van der Waals surface area contributed by atoms with E-state index >= 15 is 0 Å². The van der Waals surface area contributed by atoms with Gasteiger partial charge in [0, 0.05) is 10.6 Å². The molecule has 4 aromatic rings. The van der Waals surface area contributed by atoms with Gasteiger partial charge in [0.25, 0.3) is 5.56 Å². The third kappa shape index (κ3) is 3.64. The van der Waals surface area contributed by atoms with Crippen molar-refractivity contribution in [3.05, 3.63) is 75.6 Å². The average molecular weight is 419 g/mol. The lowest BCUT2D eigenvalue weighted by molar-refractivity contribution is -0.119. The summed E-state index contributed by atoms with van der Waals surface area (Å²) in [6.45, 7) is 7.58. The number of nitrogens with one attached hydrogen (secondary N) is 1. The van der Waals surface area contributed by atoms with Crippen molar-refractivity contribution in [3.8, 4) is 10.4 Å². The molecule has 152 valence electrons. The fraction of sp³-hybridized carbons (Fsp3) is 0.217. The third-order valence-corrected chi connectivity index (χ3v) is 6.18. The molecule has 0 aliphatic rings. The zero-order valence-corrected chi connectivity index (χ0v) is 18.1. The molecule has 7 heteroatoms. The minimum atomic E-state index is -0.797. The number of aryl methyl sites for hydroxylation is 3. The van der Waals surface area contributed by atoms with Crippen LogP contribution in [0.4, 0.5) is 5.69 Å². The second-order valence-electron chi connectivity index (χ2n) is 7.47. The third-order valence-electron chi connectivity index (χ3n) is 5.11. The Kier molecular flexibility index (Phi) is 5.22. The molecule has 1 N–H and O–H groups in total. The van der Waals surface area contributed by atoms with Crippen LogP contribution in [-0.4, -0.2) is 20.9 Å². The summed E-state index contributed by atoms with van der Waals surface area (Å²) in [6, 6.07) is 14.9. The standard InChI is InChI=1S/C23H22N4O2S/c1-13-10-14(2)20(15(3)11-13)24-21(28)16(4)27-23(29)18-12-19(30-22(18)25-26-27)17-8-6-5-7-9-17/h5-12,16H,1-4H3,(H,24,28)/t16-/m0/s1. The molecule has 0 bridgehead atoms. The molecule has 0 saturated carbocycles. The minimum absolute atomic E-state index is 0.306. The molecule has 2 heterocycles.